The van der Waals surface area contributed by atoms with Crippen LogP contribution in [0.3, 0.4) is 0 Å². The average molecular weight is 373 g/mol. The number of amides is 2. The van der Waals surface area contributed by atoms with E-state index in [1.165, 1.54) is 5.69 Å². The summed E-state index contributed by atoms with van der Waals surface area (Å²) in [5, 5.41) is 3.57. The number of benzene rings is 1. The highest BCUT2D eigenvalue weighted by Gasteiger charge is 2.47. The van der Waals surface area contributed by atoms with Gasteiger partial charge in [-0.25, -0.2) is 0 Å². The summed E-state index contributed by atoms with van der Waals surface area (Å²) in [5.41, 5.74) is 5.02. The number of carbonyl (C=O) groups excluding carboxylic acids is 2. The number of aryl methyl sites for hydroxylation is 1. The van der Waals surface area contributed by atoms with Gasteiger partial charge in [0.05, 0.1) is 11.8 Å². The van der Waals surface area contributed by atoms with E-state index in [1.54, 1.807) is 0 Å². The molecule has 0 radical (unpaired) electrons. The third-order valence-corrected chi connectivity index (χ3v) is 6.20. The molecule has 2 N–H and O–H groups in total. The van der Waals surface area contributed by atoms with Crippen molar-refractivity contribution in [2.24, 2.45) is 0 Å². The molecule has 5 nitrogen and oxygen atoms in total. The van der Waals surface area contributed by atoms with Crippen LogP contribution in [-0.2, 0) is 21.5 Å². The highest BCUT2D eigenvalue weighted by atomic mass is 16.2. The van der Waals surface area contributed by atoms with Gasteiger partial charge in [-0.1, -0.05) is 44.2 Å². The highest BCUT2D eigenvalue weighted by Crippen LogP contribution is 2.46. The summed E-state index contributed by atoms with van der Waals surface area (Å²) >= 11 is 0. The molecule has 0 unspecified atom stereocenters. The normalized spacial score (nSPS) is 22.8. The zero-order chi connectivity index (χ0) is 19.6. The summed E-state index contributed by atoms with van der Waals surface area (Å²) in [6, 6.07) is 7.90. The van der Waals surface area contributed by atoms with Gasteiger partial charge in [-0.05, 0) is 29.7 Å². The second-order valence-corrected chi connectivity index (χ2v) is 8.29. The topological polar surface area (TPSA) is 66.9 Å². The molecule has 3 heterocycles. The van der Waals surface area contributed by atoms with E-state index in [-0.39, 0.29) is 17.2 Å². The number of nitrogens with zero attached hydrogens (tertiary/aromatic N) is 1. The summed E-state index contributed by atoms with van der Waals surface area (Å²) in [4.78, 5) is 29.0. The van der Waals surface area contributed by atoms with Crippen molar-refractivity contribution in [1.82, 2.24) is 14.9 Å². The molecule has 142 valence electrons. The van der Waals surface area contributed by atoms with E-state index in [2.05, 4.69) is 54.0 Å². The standard InChI is InChI=1S/C23H23N3O2/c1-4-26-12-16(14-9-10-23(2,3)20(14)26)19-18(21(27)25-22(19)28)15-11-24-17-8-6-5-7-13(15)17/h5-12,18-19,24H,4H2,1-3H3,(H,25,27,28)/t18-,19-/m0/s1. The molecule has 2 aromatic heterocycles. The molecular weight excluding hydrogens is 350 g/mol. The maximum absolute atomic E-state index is 12.9. The third-order valence-electron chi connectivity index (χ3n) is 6.20. The number of para-hydroxylation sites is 1. The van der Waals surface area contributed by atoms with Gasteiger partial charge in [-0.2, -0.15) is 0 Å². The zero-order valence-corrected chi connectivity index (χ0v) is 16.2. The van der Waals surface area contributed by atoms with Crippen LogP contribution in [0.5, 0.6) is 0 Å². The van der Waals surface area contributed by atoms with E-state index < -0.39 is 11.8 Å². The summed E-state index contributed by atoms with van der Waals surface area (Å²) in [6.07, 6.45) is 8.24. The van der Waals surface area contributed by atoms with Crippen molar-refractivity contribution in [1.29, 1.82) is 0 Å². The van der Waals surface area contributed by atoms with Crippen molar-refractivity contribution >= 4 is 28.8 Å². The molecule has 0 bridgehead atoms. The number of nitrogens with one attached hydrogen (secondary N) is 2. The van der Waals surface area contributed by atoms with Crippen LogP contribution in [-0.4, -0.2) is 21.4 Å². The van der Waals surface area contributed by atoms with Crippen LogP contribution in [0.2, 0.25) is 0 Å². The molecule has 2 atom stereocenters. The van der Waals surface area contributed by atoms with Gasteiger partial charge < -0.3 is 9.55 Å². The molecule has 0 spiro atoms. The Bertz CT molecular complexity index is 1160. The zero-order valence-electron chi connectivity index (χ0n) is 16.2. The number of carbonyl (C=O) groups is 2. The number of H-pyrrole nitrogens is 1. The average Bonchev–Trinajstić information content (AvgIpc) is 3.38. The fraction of sp³-hybridized carbons (Fsp3) is 0.304. The fourth-order valence-electron chi connectivity index (χ4n) is 4.93. The molecule has 2 amide bonds. The number of fused-ring (bicyclic) bond motifs is 2. The van der Waals surface area contributed by atoms with E-state index in [0.29, 0.717) is 0 Å². The first-order chi connectivity index (χ1) is 13.4. The summed E-state index contributed by atoms with van der Waals surface area (Å²) < 4.78 is 2.22. The van der Waals surface area contributed by atoms with Crippen LogP contribution in [0.1, 0.15) is 55.0 Å². The van der Waals surface area contributed by atoms with Crippen LogP contribution < -0.4 is 5.32 Å². The minimum atomic E-state index is -0.530. The smallest absolute Gasteiger partial charge is 0.235 e. The third kappa shape index (κ3) is 2.19. The Morgan fingerprint density at radius 2 is 1.79 bits per heavy atom. The fourth-order valence-corrected chi connectivity index (χ4v) is 4.93. The van der Waals surface area contributed by atoms with Crippen molar-refractivity contribution in [2.45, 2.75) is 44.6 Å². The molecule has 28 heavy (non-hydrogen) atoms. The van der Waals surface area contributed by atoms with Crippen LogP contribution in [0.25, 0.3) is 17.0 Å². The van der Waals surface area contributed by atoms with Crippen molar-refractivity contribution in [2.75, 3.05) is 0 Å². The van der Waals surface area contributed by atoms with E-state index in [9.17, 15) is 9.59 Å². The van der Waals surface area contributed by atoms with E-state index >= 15 is 0 Å². The Morgan fingerprint density at radius 1 is 1.07 bits per heavy atom. The number of rotatable bonds is 3. The maximum Gasteiger partial charge on any atom is 0.235 e. The van der Waals surface area contributed by atoms with Crippen molar-refractivity contribution in [3.05, 3.63) is 65.1 Å². The molecule has 1 aromatic carbocycles. The molecule has 1 saturated heterocycles. The molecular formula is C23H23N3O2. The van der Waals surface area contributed by atoms with E-state index in [4.69, 9.17) is 0 Å². The van der Waals surface area contributed by atoms with Gasteiger partial charge in [0, 0.05) is 41.0 Å². The van der Waals surface area contributed by atoms with E-state index in [1.807, 2.05) is 30.5 Å². The monoisotopic (exact) mass is 373 g/mol. The lowest BCUT2D eigenvalue weighted by atomic mass is 9.82. The van der Waals surface area contributed by atoms with Crippen LogP contribution in [0.15, 0.2) is 42.7 Å². The lowest BCUT2D eigenvalue weighted by Gasteiger charge is -2.19. The summed E-state index contributed by atoms with van der Waals surface area (Å²) in [6.45, 7) is 7.30. The molecule has 5 rings (SSSR count). The Balaban J connectivity index is 1.70. The van der Waals surface area contributed by atoms with Crippen LogP contribution in [0.4, 0.5) is 0 Å². The second-order valence-electron chi connectivity index (χ2n) is 8.29. The number of hydrogen-bond donors (Lipinski definition) is 2. The minimum absolute atomic E-state index is 0.0844. The maximum atomic E-state index is 12.9. The molecule has 1 fully saturated rings. The summed E-state index contributed by atoms with van der Waals surface area (Å²) in [5.74, 6) is -1.49. The van der Waals surface area contributed by atoms with E-state index in [0.717, 1.165) is 34.1 Å². The first-order valence-electron chi connectivity index (χ1n) is 9.76. The molecule has 3 aromatic rings. The molecule has 1 aliphatic carbocycles. The summed E-state index contributed by atoms with van der Waals surface area (Å²) in [7, 11) is 0. The Hall–Kier alpha value is -3.08. The van der Waals surface area contributed by atoms with Crippen molar-refractivity contribution < 1.29 is 9.59 Å². The molecule has 0 saturated carbocycles. The molecule has 2 aliphatic rings. The highest BCUT2D eigenvalue weighted by molar-refractivity contribution is 6.12. The second kappa shape index (κ2) is 5.71. The first-order valence-corrected chi connectivity index (χ1v) is 9.76. The van der Waals surface area contributed by atoms with Crippen molar-refractivity contribution in [3.8, 4) is 0 Å². The molecule has 5 heteroatoms. The van der Waals surface area contributed by atoms with Gasteiger partial charge in [0.1, 0.15) is 0 Å². The van der Waals surface area contributed by atoms with Crippen LogP contribution >= 0.6 is 0 Å². The lowest BCUT2D eigenvalue weighted by Crippen LogP contribution is -2.21. The quantitative estimate of drug-likeness (QED) is 0.686. The minimum Gasteiger partial charge on any atom is -0.361 e. The Morgan fingerprint density at radius 3 is 2.54 bits per heavy atom. The van der Waals surface area contributed by atoms with Crippen molar-refractivity contribution in [3.63, 3.8) is 0 Å². The Labute approximate surface area is 163 Å². The van der Waals surface area contributed by atoms with Gasteiger partial charge in [-0.15, -0.1) is 0 Å². The number of imide groups is 1. The van der Waals surface area contributed by atoms with Gasteiger partial charge >= 0.3 is 0 Å². The number of aromatic nitrogens is 2. The van der Waals surface area contributed by atoms with Crippen LogP contribution in [0, 0.1) is 0 Å². The lowest BCUT2D eigenvalue weighted by molar-refractivity contribution is -0.125. The number of allylic oxidation sites excluding steroid dienone is 1. The van der Waals surface area contributed by atoms with Gasteiger partial charge in [-0.3, -0.25) is 14.9 Å². The van der Waals surface area contributed by atoms with Gasteiger partial charge in [0.15, 0.2) is 0 Å². The predicted molar refractivity (Wildman–Crippen MR) is 109 cm³/mol. The largest absolute Gasteiger partial charge is 0.361 e. The molecule has 1 aliphatic heterocycles. The predicted octanol–water partition coefficient (Wildman–Crippen LogP) is 3.82. The van der Waals surface area contributed by atoms with Gasteiger partial charge in [0.25, 0.3) is 0 Å². The van der Waals surface area contributed by atoms with Gasteiger partial charge in [0.2, 0.25) is 11.8 Å². The number of aromatic amines is 1. The Kier molecular flexibility index (Phi) is 3.48. The number of hydrogen-bond acceptors (Lipinski definition) is 2. The first kappa shape index (κ1) is 17.0. The SMILES string of the molecule is CCn1cc([C@@H]2C(=O)NC(=O)[C@H]2c2c[nH]c3ccccc23)c2c1C(C)(C)C=C2.